The van der Waals surface area contributed by atoms with E-state index in [-0.39, 0.29) is 48.7 Å². The van der Waals surface area contributed by atoms with Crippen molar-refractivity contribution in [2.24, 2.45) is 7.05 Å². The number of ketones is 1. The summed E-state index contributed by atoms with van der Waals surface area (Å²) in [4.78, 5) is 16.9. The first-order valence-electron chi connectivity index (χ1n) is 8.70. The van der Waals surface area contributed by atoms with Crippen molar-refractivity contribution >= 4 is 44.3 Å². The number of rotatable bonds is 8. The van der Waals surface area contributed by atoms with Gasteiger partial charge in [0, 0.05) is 47.3 Å². The van der Waals surface area contributed by atoms with Gasteiger partial charge in [-0.05, 0) is 30.2 Å². The predicted molar refractivity (Wildman–Crippen MR) is 109 cm³/mol. The van der Waals surface area contributed by atoms with E-state index in [0.717, 1.165) is 4.47 Å². The van der Waals surface area contributed by atoms with Crippen LogP contribution in [0.15, 0.2) is 35.1 Å². The molecule has 5 nitrogen and oxygen atoms in total. The predicted octanol–water partition coefficient (Wildman–Crippen LogP) is 4.30. The lowest BCUT2D eigenvalue weighted by Gasteiger charge is -2.13. The van der Waals surface area contributed by atoms with E-state index in [4.69, 9.17) is 21.4 Å². The molecule has 0 saturated carbocycles. The lowest BCUT2D eigenvalue weighted by atomic mass is 9.95. The van der Waals surface area contributed by atoms with Gasteiger partial charge in [0.2, 0.25) is 0 Å². The third-order valence-corrected chi connectivity index (χ3v) is 5.27. The van der Waals surface area contributed by atoms with Gasteiger partial charge in [0.15, 0.2) is 11.6 Å². The average Bonchev–Trinajstić information content (AvgIpc) is 3.03. The van der Waals surface area contributed by atoms with E-state index in [9.17, 15) is 4.79 Å². The normalized spacial score (nSPS) is 11.3. The van der Waals surface area contributed by atoms with Gasteiger partial charge in [-0.2, -0.15) is 0 Å². The summed E-state index contributed by atoms with van der Waals surface area (Å²) >= 11 is 9.65. The molecule has 0 aliphatic rings. The minimum atomic E-state index is -0.532. The molecule has 3 rings (SSSR count). The quantitative estimate of drug-likeness (QED) is 0.395. The van der Waals surface area contributed by atoms with Crippen LogP contribution in [-0.4, -0.2) is 40.3 Å². The van der Waals surface area contributed by atoms with Gasteiger partial charge < -0.3 is 14.4 Å². The number of nitrogens with zero attached hydrogens (tertiary/aromatic N) is 2. The number of aryl methyl sites for hydroxylation is 1. The maximum atomic E-state index is 15.3. The zero-order chi connectivity index (χ0) is 20.3. The van der Waals surface area contributed by atoms with E-state index in [1.807, 2.05) is 6.07 Å². The SMILES string of the molecule is Cn1cnc2c(F)c(Cc3ccc(Br)cc3Cl)c(C(=O)COCCCO)cc21. The van der Waals surface area contributed by atoms with Crippen LogP contribution in [0, 0.1) is 5.82 Å². The average molecular weight is 470 g/mol. The summed E-state index contributed by atoms with van der Waals surface area (Å²) in [6, 6.07) is 6.98. The molecule has 0 radical (unpaired) electrons. The van der Waals surface area contributed by atoms with E-state index in [1.54, 1.807) is 29.8 Å². The van der Waals surface area contributed by atoms with Crippen molar-refractivity contribution in [2.75, 3.05) is 19.8 Å². The number of Topliss-reactive ketones (excluding diaryl/α,β-unsaturated/α-hetero) is 1. The number of carbonyl (C=O) groups excluding carboxylic acids is 1. The van der Waals surface area contributed by atoms with Crippen LogP contribution in [0.1, 0.15) is 27.9 Å². The van der Waals surface area contributed by atoms with Gasteiger partial charge >= 0.3 is 0 Å². The molecule has 0 aliphatic heterocycles. The number of ether oxygens (including phenoxy) is 1. The topological polar surface area (TPSA) is 64.4 Å². The first-order chi connectivity index (χ1) is 13.4. The number of halogens is 3. The van der Waals surface area contributed by atoms with Crippen LogP contribution in [0.4, 0.5) is 4.39 Å². The standard InChI is InChI=1S/C20H19BrClFN2O3/c1-25-11-24-20-17(25)9-14(18(27)10-28-6-2-5-26)15(19(20)23)7-12-3-4-13(21)8-16(12)22/h3-4,8-9,11,26H,2,5-7,10H2,1H3. The van der Waals surface area contributed by atoms with Gasteiger partial charge in [0.1, 0.15) is 12.1 Å². The summed E-state index contributed by atoms with van der Waals surface area (Å²) in [5.74, 6) is -0.862. The van der Waals surface area contributed by atoms with Gasteiger partial charge in [0.25, 0.3) is 0 Å². The number of carbonyl (C=O) groups is 1. The molecule has 0 aliphatic carbocycles. The second-order valence-electron chi connectivity index (χ2n) is 6.41. The van der Waals surface area contributed by atoms with Gasteiger partial charge in [-0.25, -0.2) is 9.37 Å². The van der Waals surface area contributed by atoms with Crippen LogP contribution in [0.5, 0.6) is 0 Å². The number of aromatic nitrogens is 2. The van der Waals surface area contributed by atoms with Crippen LogP contribution in [0.3, 0.4) is 0 Å². The highest BCUT2D eigenvalue weighted by Gasteiger charge is 2.22. The van der Waals surface area contributed by atoms with Crippen LogP contribution < -0.4 is 0 Å². The Kier molecular flexibility index (Phi) is 6.82. The molecule has 2 aromatic carbocycles. The molecule has 0 bridgehead atoms. The summed E-state index contributed by atoms with van der Waals surface area (Å²) in [5.41, 5.74) is 1.93. The van der Waals surface area contributed by atoms with Gasteiger partial charge in [0.05, 0.1) is 11.8 Å². The summed E-state index contributed by atoms with van der Waals surface area (Å²) in [6.45, 7) is 0.0491. The lowest BCUT2D eigenvalue weighted by molar-refractivity contribution is 0.0727. The minimum absolute atomic E-state index is 0.0168. The van der Waals surface area contributed by atoms with Crippen LogP contribution in [0.25, 0.3) is 11.0 Å². The molecule has 0 spiro atoms. The molecule has 1 N–H and O–H groups in total. The van der Waals surface area contributed by atoms with Gasteiger partial charge in [-0.3, -0.25) is 4.79 Å². The van der Waals surface area contributed by atoms with Crippen molar-refractivity contribution < 1.29 is 19.0 Å². The molecule has 0 unspecified atom stereocenters. The molecule has 148 valence electrons. The van der Waals surface area contributed by atoms with Crippen molar-refractivity contribution in [2.45, 2.75) is 12.8 Å². The molecule has 8 heteroatoms. The Morgan fingerprint density at radius 1 is 1.39 bits per heavy atom. The Hall–Kier alpha value is -1.80. The molecule has 28 heavy (non-hydrogen) atoms. The number of hydrogen-bond donors (Lipinski definition) is 1. The van der Waals surface area contributed by atoms with Crippen LogP contribution >= 0.6 is 27.5 Å². The van der Waals surface area contributed by atoms with E-state index >= 15 is 4.39 Å². The second-order valence-corrected chi connectivity index (χ2v) is 7.73. The molecular weight excluding hydrogens is 451 g/mol. The van der Waals surface area contributed by atoms with Gasteiger partial charge in [-0.15, -0.1) is 0 Å². The van der Waals surface area contributed by atoms with E-state index in [0.29, 0.717) is 22.5 Å². The first kappa shape index (κ1) is 20.9. The van der Waals surface area contributed by atoms with Crippen LogP contribution in [-0.2, 0) is 18.2 Å². The maximum absolute atomic E-state index is 15.3. The van der Waals surface area contributed by atoms with Gasteiger partial charge in [-0.1, -0.05) is 33.6 Å². The fourth-order valence-electron chi connectivity index (χ4n) is 2.95. The molecular formula is C20H19BrClFN2O3. The zero-order valence-electron chi connectivity index (χ0n) is 15.2. The smallest absolute Gasteiger partial charge is 0.188 e. The maximum Gasteiger partial charge on any atom is 0.188 e. The molecule has 0 fully saturated rings. The minimum Gasteiger partial charge on any atom is -0.396 e. The molecule has 1 aromatic heterocycles. The first-order valence-corrected chi connectivity index (χ1v) is 9.87. The summed E-state index contributed by atoms with van der Waals surface area (Å²) in [6.07, 6.45) is 2.10. The largest absolute Gasteiger partial charge is 0.396 e. The Morgan fingerprint density at radius 2 is 2.18 bits per heavy atom. The Balaban J connectivity index is 2.03. The lowest BCUT2D eigenvalue weighted by Crippen LogP contribution is -2.14. The highest BCUT2D eigenvalue weighted by Crippen LogP contribution is 2.29. The van der Waals surface area contributed by atoms with Crippen LogP contribution in [0.2, 0.25) is 5.02 Å². The number of hydrogen-bond acceptors (Lipinski definition) is 4. The van der Waals surface area contributed by atoms with E-state index in [2.05, 4.69) is 20.9 Å². The highest BCUT2D eigenvalue weighted by molar-refractivity contribution is 9.10. The van der Waals surface area contributed by atoms with Crippen molar-refractivity contribution in [1.29, 1.82) is 0 Å². The number of benzene rings is 2. The Morgan fingerprint density at radius 3 is 2.89 bits per heavy atom. The second kappa shape index (κ2) is 9.13. The number of fused-ring (bicyclic) bond motifs is 1. The molecule has 0 atom stereocenters. The van der Waals surface area contributed by atoms with E-state index in [1.165, 1.54) is 6.33 Å². The van der Waals surface area contributed by atoms with Crippen molar-refractivity contribution in [3.63, 3.8) is 0 Å². The zero-order valence-corrected chi connectivity index (χ0v) is 17.6. The molecule has 3 aromatic rings. The third-order valence-electron chi connectivity index (χ3n) is 4.42. The third kappa shape index (κ3) is 4.43. The molecule has 0 amide bonds. The number of aliphatic hydroxyl groups is 1. The molecule has 0 saturated heterocycles. The monoisotopic (exact) mass is 468 g/mol. The summed E-state index contributed by atoms with van der Waals surface area (Å²) in [5, 5.41) is 9.30. The molecule has 1 heterocycles. The number of aliphatic hydroxyl groups excluding tert-OH is 1. The fraction of sp³-hybridized carbons (Fsp3) is 0.300. The van der Waals surface area contributed by atoms with Crippen molar-refractivity contribution in [1.82, 2.24) is 9.55 Å². The fourth-order valence-corrected chi connectivity index (χ4v) is 3.69. The highest BCUT2D eigenvalue weighted by atomic mass is 79.9. The number of imidazole rings is 1. The van der Waals surface area contributed by atoms with Crippen molar-refractivity contribution in [3.8, 4) is 0 Å². The Bertz CT molecular complexity index is 1020. The van der Waals surface area contributed by atoms with E-state index < -0.39 is 5.82 Å². The summed E-state index contributed by atoms with van der Waals surface area (Å²) in [7, 11) is 1.74. The summed E-state index contributed by atoms with van der Waals surface area (Å²) < 4.78 is 23.1. The van der Waals surface area contributed by atoms with Crippen molar-refractivity contribution in [3.05, 3.63) is 62.6 Å². The Labute approximate surface area is 175 Å².